The maximum Gasteiger partial charge on any atom is 0.141 e. The molecular weight excluding hydrogens is 256 g/mol. The van der Waals surface area contributed by atoms with Gasteiger partial charge in [-0.15, -0.1) is 0 Å². The molecule has 0 aliphatic carbocycles. The molecule has 0 atom stereocenters. The van der Waals surface area contributed by atoms with Gasteiger partial charge in [0.05, 0.1) is 19.6 Å². The molecule has 0 amide bonds. The molecule has 0 unspecified atom stereocenters. The van der Waals surface area contributed by atoms with Crippen molar-refractivity contribution < 1.29 is 4.48 Å². The highest BCUT2D eigenvalue weighted by molar-refractivity contribution is 5.30. The van der Waals surface area contributed by atoms with E-state index >= 15 is 0 Å². The summed E-state index contributed by atoms with van der Waals surface area (Å²) in [5.41, 5.74) is 2.94. The van der Waals surface area contributed by atoms with Gasteiger partial charge in [0.25, 0.3) is 0 Å². The lowest BCUT2D eigenvalue weighted by molar-refractivity contribution is -0.963. The van der Waals surface area contributed by atoms with Gasteiger partial charge in [0.1, 0.15) is 6.04 Å². The smallest absolute Gasteiger partial charge is 0.141 e. The first kappa shape index (κ1) is 13.1. The third-order valence-electron chi connectivity index (χ3n) is 5.36. The maximum absolute atomic E-state index is 2.62. The van der Waals surface area contributed by atoms with Crippen molar-refractivity contribution in [1.82, 2.24) is 4.90 Å². The van der Waals surface area contributed by atoms with Gasteiger partial charge < -0.3 is 4.48 Å². The Labute approximate surface area is 127 Å². The van der Waals surface area contributed by atoms with Gasteiger partial charge in [0.2, 0.25) is 0 Å². The van der Waals surface area contributed by atoms with E-state index in [-0.39, 0.29) is 0 Å². The number of nitrogens with zero attached hydrogens (tertiary/aromatic N) is 2. The molecule has 0 saturated carbocycles. The first-order valence-electron chi connectivity index (χ1n) is 8.05. The summed E-state index contributed by atoms with van der Waals surface area (Å²) in [6, 6.07) is 22.7. The molecule has 3 aliphatic heterocycles. The number of hydrogen-bond acceptors (Lipinski definition) is 1. The number of piperazine rings is 3. The van der Waals surface area contributed by atoms with Crippen molar-refractivity contribution in [3.63, 3.8) is 0 Å². The molecule has 0 radical (unpaired) electrons. The molecule has 2 bridgehead atoms. The molecule has 3 fully saturated rings. The number of hydrogen-bond donors (Lipinski definition) is 0. The van der Waals surface area contributed by atoms with E-state index < -0.39 is 0 Å². The fourth-order valence-corrected chi connectivity index (χ4v) is 4.18. The fraction of sp³-hybridized carbons (Fsp3) is 0.368. The molecule has 0 spiro atoms. The zero-order chi connectivity index (χ0) is 14.1. The molecular formula is C19H23N2+. The van der Waals surface area contributed by atoms with E-state index in [1.54, 1.807) is 0 Å². The lowest BCUT2D eigenvalue weighted by Gasteiger charge is -2.54. The van der Waals surface area contributed by atoms with E-state index in [0.29, 0.717) is 6.04 Å². The molecule has 0 aromatic heterocycles. The minimum absolute atomic E-state index is 0.495. The van der Waals surface area contributed by atoms with Crippen molar-refractivity contribution in [3.05, 3.63) is 71.8 Å². The monoisotopic (exact) mass is 279 g/mol. The Hall–Kier alpha value is -1.64. The van der Waals surface area contributed by atoms with Crippen molar-refractivity contribution in [2.45, 2.75) is 6.04 Å². The van der Waals surface area contributed by atoms with E-state index in [1.165, 1.54) is 54.9 Å². The lowest BCUT2D eigenvalue weighted by Crippen LogP contribution is -2.68. The van der Waals surface area contributed by atoms with Crippen LogP contribution in [0.3, 0.4) is 0 Å². The lowest BCUT2D eigenvalue weighted by atomic mass is 9.92. The summed E-state index contributed by atoms with van der Waals surface area (Å²) >= 11 is 0. The second kappa shape index (κ2) is 5.28. The van der Waals surface area contributed by atoms with Crippen LogP contribution in [0.15, 0.2) is 60.7 Å². The summed E-state index contributed by atoms with van der Waals surface area (Å²) in [6.45, 7) is 7.64. The summed E-state index contributed by atoms with van der Waals surface area (Å²) in [7, 11) is 0. The molecule has 2 aromatic rings. The van der Waals surface area contributed by atoms with Crippen LogP contribution in [0.4, 0.5) is 0 Å². The second-order valence-electron chi connectivity index (χ2n) is 6.45. The SMILES string of the molecule is c1ccc(C(c2ccccc2)[N+]23CCN(CC2)CC3)cc1. The van der Waals surface area contributed by atoms with Crippen molar-refractivity contribution in [1.29, 1.82) is 0 Å². The minimum Gasteiger partial charge on any atom is -0.310 e. The van der Waals surface area contributed by atoms with Gasteiger partial charge in [0, 0.05) is 30.8 Å². The van der Waals surface area contributed by atoms with Gasteiger partial charge in [-0.3, -0.25) is 4.90 Å². The number of quaternary nitrogens is 1. The van der Waals surface area contributed by atoms with Crippen LogP contribution in [0, 0.1) is 0 Å². The van der Waals surface area contributed by atoms with Crippen molar-refractivity contribution in [2.24, 2.45) is 0 Å². The van der Waals surface area contributed by atoms with Crippen LogP contribution in [0.5, 0.6) is 0 Å². The first-order valence-corrected chi connectivity index (χ1v) is 8.05. The highest BCUT2D eigenvalue weighted by Gasteiger charge is 2.45. The van der Waals surface area contributed by atoms with E-state index in [1.807, 2.05) is 0 Å². The zero-order valence-corrected chi connectivity index (χ0v) is 12.5. The van der Waals surface area contributed by atoms with Crippen LogP contribution >= 0.6 is 0 Å². The van der Waals surface area contributed by atoms with Gasteiger partial charge in [-0.05, 0) is 0 Å². The normalized spacial score (nSPS) is 28.0. The summed E-state index contributed by atoms with van der Waals surface area (Å²) in [5.74, 6) is 0. The second-order valence-corrected chi connectivity index (χ2v) is 6.45. The van der Waals surface area contributed by atoms with Gasteiger partial charge in [0.15, 0.2) is 0 Å². The third kappa shape index (κ3) is 2.29. The molecule has 2 aromatic carbocycles. The Balaban J connectivity index is 1.80. The maximum atomic E-state index is 2.62. The quantitative estimate of drug-likeness (QED) is 0.781. The molecule has 0 N–H and O–H groups in total. The van der Waals surface area contributed by atoms with Gasteiger partial charge in [-0.25, -0.2) is 0 Å². The molecule has 21 heavy (non-hydrogen) atoms. The average Bonchev–Trinajstić information content (AvgIpc) is 2.58. The number of rotatable bonds is 3. The Kier molecular flexibility index (Phi) is 3.28. The Morgan fingerprint density at radius 1 is 0.667 bits per heavy atom. The number of fused-ring (bicyclic) bond motifs is 3. The molecule has 3 saturated heterocycles. The van der Waals surface area contributed by atoms with Crippen LogP contribution in [0.1, 0.15) is 17.2 Å². The summed E-state index contributed by atoms with van der Waals surface area (Å²) < 4.78 is 1.24. The zero-order valence-electron chi connectivity index (χ0n) is 12.5. The largest absolute Gasteiger partial charge is 0.310 e. The standard InChI is InChI=1S/C19H23N2/c1-3-7-17(8-4-1)19(18-9-5-2-6-10-18)21-14-11-20(12-15-21)13-16-21/h1-10,19H,11-16H2/q+1. The highest BCUT2D eigenvalue weighted by Crippen LogP contribution is 2.38. The van der Waals surface area contributed by atoms with E-state index in [0.717, 1.165) is 0 Å². The third-order valence-corrected chi connectivity index (χ3v) is 5.36. The average molecular weight is 279 g/mol. The summed E-state index contributed by atoms with van der Waals surface area (Å²) in [5, 5.41) is 0. The Bertz CT molecular complexity index is 532. The van der Waals surface area contributed by atoms with Gasteiger partial charge in [-0.2, -0.15) is 0 Å². The van der Waals surface area contributed by atoms with Gasteiger partial charge >= 0.3 is 0 Å². The van der Waals surface area contributed by atoms with Crippen molar-refractivity contribution in [2.75, 3.05) is 39.3 Å². The Morgan fingerprint density at radius 2 is 1.10 bits per heavy atom. The fourth-order valence-electron chi connectivity index (χ4n) is 4.18. The van der Waals surface area contributed by atoms with E-state index in [2.05, 4.69) is 65.6 Å². The molecule has 5 rings (SSSR count). The summed E-state index contributed by atoms with van der Waals surface area (Å²) in [4.78, 5) is 2.62. The molecule has 2 nitrogen and oxygen atoms in total. The molecule has 3 aliphatic rings. The molecule has 2 heteroatoms. The highest BCUT2D eigenvalue weighted by atomic mass is 15.5. The van der Waals surface area contributed by atoms with Crippen LogP contribution < -0.4 is 0 Å². The predicted octanol–water partition coefficient (Wildman–Crippen LogP) is 2.92. The topological polar surface area (TPSA) is 3.24 Å². The molecule has 3 heterocycles. The molecule has 108 valence electrons. The van der Waals surface area contributed by atoms with Crippen LogP contribution in [0.2, 0.25) is 0 Å². The van der Waals surface area contributed by atoms with Crippen LogP contribution in [-0.2, 0) is 0 Å². The van der Waals surface area contributed by atoms with Gasteiger partial charge in [-0.1, -0.05) is 60.7 Å². The van der Waals surface area contributed by atoms with Crippen LogP contribution in [-0.4, -0.2) is 48.7 Å². The minimum atomic E-state index is 0.495. The predicted molar refractivity (Wildman–Crippen MR) is 86.0 cm³/mol. The van der Waals surface area contributed by atoms with Crippen LogP contribution in [0.25, 0.3) is 0 Å². The van der Waals surface area contributed by atoms with E-state index in [4.69, 9.17) is 0 Å². The summed E-state index contributed by atoms with van der Waals surface area (Å²) in [6.07, 6.45) is 0. The van der Waals surface area contributed by atoms with Crippen molar-refractivity contribution in [3.8, 4) is 0 Å². The Morgan fingerprint density at radius 3 is 1.52 bits per heavy atom. The number of benzene rings is 2. The van der Waals surface area contributed by atoms with E-state index in [9.17, 15) is 0 Å². The first-order chi connectivity index (χ1) is 10.4. The van der Waals surface area contributed by atoms with Crippen molar-refractivity contribution >= 4 is 0 Å².